The van der Waals surface area contributed by atoms with Gasteiger partial charge in [-0.25, -0.2) is 4.68 Å². The molecule has 3 atom stereocenters. The fourth-order valence-electron chi connectivity index (χ4n) is 4.31. The van der Waals surface area contributed by atoms with Crippen molar-refractivity contribution < 1.29 is 9.90 Å². The molecule has 0 radical (unpaired) electrons. The van der Waals surface area contributed by atoms with Crippen molar-refractivity contribution in [2.45, 2.75) is 29.5 Å². The van der Waals surface area contributed by atoms with E-state index in [0.29, 0.717) is 17.3 Å². The molecule has 4 aromatic rings. The second-order valence-corrected chi connectivity index (χ2v) is 9.13. The standard InChI is InChI=1S/C22H20N6O3S/c29-21-17-3-1-2-4-18(17)25-26-28(21)11-14-5-10-19(20(14)22(30)31)32-16-8-6-15(7-9-16)27-12-23-24-13-27/h1-4,6-9,12-14,19-20H,5,10-11H2,(H,30,31)/t14-,19-,20-/m0/s1. The van der Waals surface area contributed by atoms with E-state index in [-0.39, 0.29) is 23.3 Å². The quantitative estimate of drug-likeness (QED) is 0.479. The summed E-state index contributed by atoms with van der Waals surface area (Å²) in [6, 6.07) is 14.9. The van der Waals surface area contributed by atoms with Gasteiger partial charge in [-0.1, -0.05) is 17.3 Å². The van der Waals surface area contributed by atoms with Crippen LogP contribution in [0.15, 0.2) is 70.9 Å². The number of carboxylic acids is 1. The van der Waals surface area contributed by atoms with Gasteiger partial charge in [0.1, 0.15) is 18.2 Å². The molecule has 2 aromatic heterocycles. The number of fused-ring (bicyclic) bond motifs is 1. The van der Waals surface area contributed by atoms with E-state index in [1.165, 1.54) is 4.68 Å². The Labute approximate surface area is 187 Å². The van der Waals surface area contributed by atoms with E-state index in [9.17, 15) is 14.7 Å². The van der Waals surface area contributed by atoms with Gasteiger partial charge < -0.3 is 5.11 Å². The molecule has 32 heavy (non-hydrogen) atoms. The van der Waals surface area contributed by atoms with Crippen LogP contribution in [0.1, 0.15) is 12.8 Å². The number of aromatic nitrogens is 6. The summed E-state index contributed by atoms with van der Waals surface area (Å²) in [5.41, 5.74) is 1.24. The Morgan fingerprint density at radius 1 is 1.06 bits per heavy atom. The number of carbonyl (C=O) groups is 1. The third-order valence-electron chi connectivity index (χ3n) is 5.89. The molecule has 1 saturated carbocycles. The van der Waals surface area contributed by atoms with Crippen molar-refractivity contribution in [3.05, 3.63) is 71.5 Å². The Morgan fingerprint density at radius 3 is 2.56 bits per heavy atom. The summed E-state index contributed by atoms with van der Waals surface area (Å²) >= 11 is 1.57. The molecule has 0 unspecified atom stereocenters. The van der Waals surface area contributed by atoms with Crippen LogP contribution in [0.2, 0.25) is 0 Å². The first-order chi connectivity index (χ1) is 15.6. The summed E-state index contributed by atoms with van der Waals surface area (Å²) in [6.45, 7) is 0.247. The summed E-state index contributed by atoms with van der Waals surface area (Å²) in [5.74, 6) is -1.60. The zero-order valence-electron chi connectivity index (χ0n) is 17.0. The van der Waals surface area contributed by atoms with E-state index >= 15 is 0 Å². The maximum atomic E-state index is 12.8. The van der Waals surface area contributed by atoms with E-state index in [1.807, 2.05) is 28.8 Å². The van der Waals surface area contributed by atoms with Crippen molar-refractivity contribution in [3.8, 4) is 5.69 Å². The van der Waals surface area contributed by atoms with Gasteiger partial charge in [-0.3, -0.25) is 14.2 Å². The van der Waals surface area contributed by atoms with Crippen LogP contribution in [0.4, 0.5) is 0 Å². The highest BCUT2D eigenvalue weighted by molar-refractivity contribution is 8.00. The molecular weight excluding hydrogens is 428 g/mol. The van der Waals surface area contributed by atoms with Crippen LogP contribution in [0.5, 0.6) is 0 Å². The van der Waals surface area contributed by atoms with E-state index in [1.54, 1.807) is 48.7 Å². The van der Waals surface area contributed by atoms with Gasteiger partial charge in [0.25, 0.3) is 5.56 Å². The number of nitrogens with zero attached hydrogens (tertiary/aromatic N) is 6. The minimum Gasteiger partial charge on any atom is -0.481 e. The number of benzene rings is 2. The monoisotopic (exact) mass is 448 g/mol. The third kappa shape index (κ3) is 3.89. The molecule has 0 spiro atoms. The lowest BCUT2D eigenvalue weighted by Gasteiger charge is -2.21. The minimum atomic E-state index is -0.840. The van der Waals surface area contributed by atoms with Crippen molar-refractivity contribution in [2.75, 3.05) is 0 Å². The molecule has 1 N–H and O–H groups in total. The van der Waals surface area contributed by atoms with Crippen molar-refractivity contribution in [2.24, 2.45) is 11.8 Å². The predicted octanol–water partition coefficient (Wildman–Crippen LogP) is 2.64. The Morgan fingerprint density at radius 2 is 1.81 bits per heavy atom. The lowest BCUT2D eigenvalue weighted by Crippen LogP contribution is -2.33. The number of aliphatic carboxylic acids is 1. The lowest BCUT2D eigenvalue weighted by atomic mass is 9.96. The molecule has 2 aromatic carbocycles. The summed E-state index contributed by atoms with van der Waals surface area (Å²) in [4.78, 5) is 25.9. The second kappa shape index (κ2) is 8.54. The first kappa shape index (κ1) is 20.4. The molecule has 9 nitrogen and oxygen atoms in total. The van der Waals surface area contributed by atoms with Crippen molar-refractivity contribution in [3.63, 3.8) is 0 Å². The van der Waals surface area contributed by atoms with Crippen molar-refractivity contribution in [1.82, 2.24) is 29.8 Å². The Bertz CT molecular complexity index is 1310. The predicted molar refractivity (Wildman–Crippen MR) is 119 cm³/mol. The van der Waals surface area contributed by atoms with Gasteiger partial charge in [-0.2, -0.15) is 0 Å². The Balaban J connectivity index is 1.33. The number of thioether (sulfide) groups is 1. The zero-order valence-corrected chi connectivity index (χ0v) is 17.8. The Hall–Kier alpha value is -3.53. The third-order valence-corrected chi connectivity index (χ3v) is 7.27. The average molecular weight is 449 g/mol. The second-order valence-electron chi connectivity index (χ2n) is 7.81. The van der Waals surface area contributed by atoms with Gasteiger partial charge in [0, 0.05) is 15.8 Å². The molecule has 1 fully saturated rings. The summed E-state index contributed by atoms with van der Waals surface area (Å²) in [6.07, 6.45) is 4.73. The first-order valence-corrected chi connectivity index (χ1v) is 11.1. The number of hydrogen-bond acceptors (Lipinski definition) is 7. The average Bonchev–Trinajstić information content (AvgIpc) is 3.47. The van der Waals surface area contributed by atoms with Gasteiger partial charge in [0.05, 0.1) is 17.8 Å². The van der Waals surface area contributed by atoms with Crippen LogP contribution in [0.25, 0.3) is 16.6 Å². The fraction of sp³-hybridized carbons (Fsp3) is 0.273. The largest absolute Gasteiger partial charge is 0.481 e. The molecule has 2 heterocycles. The van der Waals surface area contributed by atoms with Crippen LogP contribution in [0, 0.1) is 11.8 Å². The van der Waals surface area contributed by atoms with Crippen LogP contribution >= 0.6 is 11.8 Å². The number of hydrogen-bond donors (Lipinski definition) is 1. The van der Waals surface area contributed by atoms with E-state index in [2.05, 4.69) is 20.5 Å². The molecule has 1 aliphatic rings. The van der Waals surface area contributed by atoms with Crippen molar-refractivity contribution >= 4 is 28.6 Å². The van der Waals surface area contributed by atoms with Crippen LogP contribution in [0.3, 0.4) is 0 Å². The molecule has 0 aliphatic heterocycles. The zero-order chi connectivity index (χ0) is 22.1. The van der Waals surface area contributed by atoms with Gasteiger partial charge >= 0.3 is 5.97 Å². The molecule has 1 aliphatic carbocycles. The van der Waals surface area contributed by atoms with E-state index in [0.717, 1.165) is 17.0 Å². The maximum absolute atomic E-state index is 12.8. The highest BCUT2D eigenvalue weighted by atomic mass is 32.2. The van der Waals surface area contributed by atoms with Crippen LogP contribution in [-0.4, -0.2) is 46.1 Å². The van der Waals surface area contributed by atoms with Gasteiger partial charge in [0.15, 0.2) is 0 Å². The lowest BCUT2D eigenvalue weighted by molar-refractivity contribution is -0.142. The molecule has 0 bridgehead atoms. The van der Waals surface area contributed by atoms with Crippen LogP contribution < -0.4 is 5.56 Å². The summed E-state index contributed by atoms with van der Waals surface area (Å²) in [5, 5.41) is 26.2. The van der Waals surface area contributed by atoms with Gasteiger partial charge in [-0.15, -0.1) is 27.1 Å². The number of rotatable bonds is 6. The molecule has 0 saturated heterocycles. The summed E-state index contributed by atoms with van der Waals surface area (Å²) < 4.78 is 3.12. The molecule has 0 amide bonds. The van der Waals surface area contributed by atoms with E-state index in [4.69, 9.17) is 0 Å². The smallest absolute Gasteiger partial charge is 0.307 e. The SMILES string of the molecule is O=C(O)[C@H]1[C@H](Cn2nnc3ccccc3c2=O)CC[C@@H]1Sc1ccc(-n2cnnc2)cc1. The topological polar surface area (TPSA) is 116 Å². The van der Waals surface area contributed by atoms with Crippen molar-refractivity contribution in [1.29, 1.82) is 0 Å². The first-order valence-electron chi connectivity index (χ1n) is 10.3. The van der Waals surface area contributed by atoms with Gasteiger partial charge in [-0.05, 0) is 55.2 Å². The van der Waals surface area contributed by atoms with Gasteiger partial charge in [0.2, 0.25) is 0 Å². The van der Waals surface area contributed by atoms with Crippen LogP contribution in [-0.2, 0) is 11.3 Å². The highest BCUT2D eigenvalue weighted by Gasteiger charge is 2.42. The highest BCUT2D eigenvalue weighted by Crippen LogP contribution is 2.43. The van der Waals surface area contributed by atoms with E-state index < -0.39 is 11.9 Å². The molecule has 5 rings (SSSR count). The molecule has 162 valence electrons. The summed E-state index contributed by atoms with van der Waals surface area (Å²) in [7, 11) is 0. The minimum absolute atomic E-state index is 0.0811. The fourth-order valence-corrected chi connectivity index (χ4v) is 5.69. The molecule has 10 heteroatoms. The molecular formula is C22H20N6O3S. The number of carboxylic acid groups (broad SMARTS) is 1. The maximum Gasteiger partial charge on any atom is 0.307 e. The normalized spacial score (nSPS) is 20.6. The Kier molecular flexibility index (Phi) is 5.44.